The number of ether oxygens (including phenoxy) is 1. The summed E-state index contributed by atoms with van der Waals surface area (Å²) in [7, 11) is 0. The molecule has 1 aromatic rings. The number of rotatable bonds is 5. The van der Waals surface area contributed by atoms with Crippen molar-refractivity contribution in [3.05, 3.63) is 11.9 Å². The van der Waals surface area contributed by atoms with E-state index in [4.69, 9.17) is 4.74 Å². The molecule has 1 atom stereocenters. The molecular weight excluding hydrogens is 270 g/mol. The second-order valence-corrected chi connectivity index (χ2v) is 6.31. The average molecular weight is 291 g/mol. The molecule has 2 aliphatic heterocycles. The van der Waals surface area contributed by atoms with Crippen LogP contribution < -0.4 is 5.32 Å². The number of carbonyl (C=O) groups is 1. The van der Waals surface area contributed by atoms with Crippen molar-refractivity contribution in [3.8, 4) is 0 Å². The van der Waals surface area contributed by atoms with Crippen LogP contribution in [0.25, 0.3) is 0 Å². The van der Waals surface area contributed by atoms with Crippen LogP contribution in [-0.2, 0) is 4.74 Å². The van der Waals surface area contributed by atoms with Crippen molar-refractivity contribution in [3.63, 3.8) is 0 Å². The highest BCUT2D eigenvalue weighted by Gasteiger charge is 2.36. The van der Waals surface area contributed by atoms with Crippen LogP contribution in [0.1, 0.15) is 35.8 Å². The third-order valence-corrected chi connectivity index (χ3v) is 4.59. The summed E-state index contributed by atoms with van der Waals surface area (Å²) in [5, 5.41) is 11.4. The van der Waals surface area contributed by atoms with Gasteiger partial charge in [-0.1, -0.05) is 5.21 Å². The third kappa shape index (κ3) is 2.67. The van der Waals surface area contributed by atoms with E-state index in [1.54, 1.807) is 6.20 Å². The van der Waals surface area contributed by atoms with E-state index in [0.29, 0.717) is 23.7 Å². The van der Waals surface area contributed by atoms with Crippen LogP contribution in [-0.4, -0.2) is 64.7 Å². The van der Waals surface area contributed by atoms with Gasteiger partial charge < -0.3 is 15.0 Å². The van der Waals surface area contributed by atoms with E-state index in [2.05, 4.69) is 15.6 Å². The highest BCUT2D eigenvalue weighted by molar-refractivity contribution is 5.92. The Hall–Kier alpha value is -1.47. The Bertz CT molecular complexity index is 517. The van der Waals surface area contributed by atoms with E-state index in [-0.39, 0.29) is 5.91 Å². The van der Waals surface area contributed by atoms with Crippen LogP contribution in [0.15, 0.2) is 6.20 Å². The van der Waals surface area contributed by atoms with Gasteiger partial charge in [0.05, 0.1) is 18.8 Å². The van der Waals surface area contributed by atoms with E-state index in [9.17, 15) is 4.79 Å². The summed E-state index contributed by atoms with van der Waals surface area (Å²) in [5.74, 6) is 0.503. The first-order chi connectivity index (χ1) is 10.3. The Labute approximate surface area is 123 Å². The maximum absolute atomic E-state index is 12.7. The fourth-order valence-electron chi connectivity index (χ4n) is 2.95. The maximum Gasteiger partial charge on any atom is 0.276 e. The summed E-state index contributed by atoms with van der Waals surface area (Å²) in [6, 6.07) is 0.741. The lowest BCUT2D eigenvalue weighted by Crippen LogP contribution is -2.43. The van der Waals surface area contributed by atoms with Gasteiger partial charge in [-0.3, -0.25) is 4.79 Å². The SMILES string of the molecule is O=C(c1cn(C2CNC2)nn1)N(CC1CCOC1)C1CC1. The summed E-state index contributed by atoms with van der Waals surface area (Å²) in [5.41, 5.74) is 0.479. The molecule has 114 valence electrons. The summed E-state index contributed by atoms with van der Waals surface area (Å²) in [6.45, 7) is 4.20. The molecule has 1 unspecified atom stereocenters. The lowest BCUT2D eigenvalue weighted by atomic mass is 10.1. The van der Waals surface area contributed by atoms with E-state index < -0.39 is 0 Å². The molecule has 1 N–H and O–H groups in total. The van der Waals surface area contributed by atoms with Gasteiger partial charge in [-0.05, 0) is 19.3 Å². The number of nitrogens with zero attached hydrogens (tertiary/aromatic N) is 4. The number of carbonyl (C=O) groups excluding carboxylic acids is 1. The predicted molar refractivity (Wildman–Crippen MR) is 74.9 cm³/mol. The highest BCUT2D eigenvalue weighted by atomic mass is 16.5. The van der Waals surface area contributed by atoms with Gasteiger partial charge in [-0.2, -0.15) is 0 Å². The fraction of sp³-hybridized carbons (Fsp3) is 0.786. The molecule has 3 fully saturated rings. The van der Waals surface area contributed by atoms with Gasteiger partial charge in [-0.15, -0.1) is 5.10 Å². The van der Waals surface area contributed by atoms with Crippen LogP contribution in [0.4, 0.5) is 0 Å². The quantitative estimate of drug-likeness (QED) is 0.831. The summed E-state index contributed by atoms with van der Waals surface area (Å²) in [4.78, 5) is 14.7. The van der Waals surface area contributed by atoms with E-state index in [0.717, 1.165) is 52.1 Å². The van der Waals surface area contributed by atoms with E-state index >= 15 is 0 Å². The topological polar surface area (TPSA) is 72.3 Å². The molecule has 0 bridgehead atoms. The summed E-state index contributed by atoms with van der Waals surface area (Å²) >= 11 is 0. The number of nitrogens with one attached hydrogen (secondary N) is 1. The number of hydrogen-bond donors (Lipinski definition) is 1. The van der Waals surface area contributed by atoms with Gasteiger partial charge in [-0.25, -0.2) is 4.68 Å². The molecule has 1 amide bonds. The van der Waals surface area contributed by atoms with Crippen molar-refractivity contribution in [1.82, 2.24) is 25.2 Å². The molecular formula is C14H21N5O2. The van der Waals surface area contributed by atoms with Gasteiger partial charge in [0.15, 0.2) is 5.69 Å². The number of hydrogen-bond acceptors (Lipinski definition) is 5. The Morgan fingerprint density at radius 1 is 1.43 bits per heavy atom. The smallest absolute Gasteiger partial charge is 0.276 e. The van der Waals surface area contributed by atoms with Crippen molar-refractivity contribution in [2.45, 2.75) is 31.3 Å². The molecule has 0 radical (unpaired) electrons. The maximum atomic E-state index is 12.7. The lowest BCUT2D eigenvalue weighted by Gasteiger charge is -2.26. The van der Waals surface area contributed by atoms with Gasteiger partial charge in [0.1, 0.15) is 0 Å². The van der Waals surface area contributed by atoms with Crippen LogP contribution in [0, 0.1) is 5.92 Å². The van der Waals surface area contributed by atoms with Crippen LogP contribution in [0.3, 0.4) is 0 Å². The first-order valence-electron chi connectivity index (χ1n) is 7.82. The van der Waals surface area contributed by atoms with E-state index in [1.807, 2.05) is 9.58 Å². The minimum Gasteiger partial charge on any atom is -0.381 e. The lowest BCUT2D eigenvalue weighted by molar-refractivity contribution is 0.0700. The van der Waals surface area contributed by atoms with Gasteiger partial charge in [0.25, 0.3) is 5.91 Å². The zero-order valence-corrected chi connectivity index (χ0v) is 12.1. The van der Waals surface area contributed by atoms with Gasteiger partial charge in [0.2, 0.25) is 0 Å². The molecule has 4 rings (SSSR count). The fourth-order valence-corrected chi connectivity index (χ4v) is 2.95. The monoisotopic (exact) mass is 291 g/mol. The van der Waals surface area contributed by atoms with Crippen molar-refractivity contribution in [1.29, 1.82) is 0 Å². The number of aromatic nitrogens is 3. The van der Waals surface area contributed by atoms with Crippen molar-refractivity contribution < 1.29 is 9.53 Å². The molecule has 2 saturated heterocycles. The second-order valence-electron chi connectivity index (χ2n) is 6.31. The minimum absolute atomic E-state index is 0.0305. The summed E-state index contributed by atoms with van der Waals surface area (Å²) < 4.78 is 7.24. The molecule has 0 aromatic carbocycles. The van der Waals surface area contributed by atoms with Gasteiger partial charge >= 0.3 is 0 Å². The zero-order valence-electron chi connectivity index (χ0n) is 12.1. The molecule has 1 aliphatic carbocycles. The third-order valence-electron chi connectivity index (χ3n) is 4.59. The Balaban J connectivity index is 1.46. The normalized spacial score (nSPS) is 25.8. The molecule has 3 aliphatic rings. The Kier molecular flexibility index (Phi) is 3.39. The first-order valence-corrected chi connectivity index (χ1v) is 7.82. The standard InChI is InChI=1S/C14H21N5O2/c20-14(13-8-19(17-16-13)12-5-15-6-12)18(11-1-2-11)7-10-3-4-21-9-10/h8,10-12,15H,1-7,9H2. The molecule has 1 aromatic heterocycles. The summed E-state index contributed by atoms with van der Waals surface area (Å²) in [6.07, 6.45) is 5.07. The predicted octanol–water partition coefficient (Wildman–Crippen LogP) is 0.0635. The molecule has 0 spiro atoms. The van der Waals surface area contributed by atoms with Crippen molar-refractivity contribution in [2.75, 3.05) is 32.8 Å². The van der Waals surface area contributed by atoms with Crippen LogP contribution in [0.5, 0.6) is 0 Å². The Morgan fingerprint density at radius 2 is 2.29 bits per heavy atom. The van der Waals surface area contributed by atoms with Gasteiger partial charge in [0, 0.05) is 38.2 Å². The Morgan fingerprint density at radius 3 is 2.90 bits per heavy atom. The minimum atomic E-state index is 0.0305. The average Bonchev–Trinajstić information content (AvgIpc) is 2.95. The molecule has 1 saturated carbocycles. The molecule has 7 heteroatoms. The van der Waals surface area contributed by atoms with Crippen LogP contribution in [0.2, 0.25) is 0 Å². The molecule has 7 nitrogen and oxygen atoms in total. The van der Waals surface area contributed by atoms with Crippen LogP contribution >= 0.6 is 0 Å². The highest BCUT2D eigenvalue weighted by Crippen LogP contribution is 2.30. The number of amides is 1. The van der Waals surface area contributed by atoms with Crippen molar-refractivity contribution in [2.24, 2.45) is 5.92 Å². The molecule has 21 heavy (non-hydrogen) atoms. The first kappa shape index (κ1) is 13.2. The van der Waals surface area contributed by atoms with E-state index in [1.165, 1.54) is 0 Å². The zero-order chi connectivity index (χ0) is 14.2. The molecule has 3 heterocycles. The van der Waals surface area contributed by atoms with Crippen molar-refractivity contribution >= 4 is 5.91 Å². The largest absolute Gasteiger partial charge is 0.381 e. The second kappa shape index (κ2) is 5.38.